The predicted molar refractivity (Wildman–Crippen MR) is 288 cm³/mol. The van der Waals surface area contributed by atoms with Crippen LogP contribution in [0.5, 0.6) is 0 Å². The van der Waals surface area contributed by atoms with Crippen LogP contribution in [0.4, 0.5) is 28.4 Å². The van der Waals surface area contributed by atoms with Crippen LogP contribution in [0.15, 0.2) is 291 Å². The van der Waals surface area contributed by atoms with Gasteiger partial charge in [0.05, 0.1) is 5.69 Å². The van der Waals surface area contributed by atoms with Gasteiger partial charge < -0.3 is 9.80 Å². The van der Waals surface area contributed by atoms with Crippen LogP contribution in [0.2, 0.25) is 0 Å². The van der Waals surface area contributed by atoms with Gasteiger partial charge in [-0.05, 0) is 123 Å². The van der Waals surface area contributed by atoms with Gasteiger partial charge in [-0.15, -0.1) is 0 Å². The Balaban J connectivity index is 0.881. The van der Waals surface area contributed by atoms with E-state index in [1.54, 1.807) is 0 Å². The Labute approximate surface area is 400 Å². The summed E-state index contributed by atoms with van der Waals surface area (Å²) in [5.74, 6) is 0.258. The van der Waals surface area contributed by atoms with E-state index in [4.69, 9.17) is 0 Å². The van der Waals surface area contributed by atoms with Crippen LogP contribution in [0, 0.1) is 0 Å². The second-order valence-electron chi connectivity index (χ2n) is 17.3. The minimum atomic E-state index is 0.258. The molecule has 1 unspecified atom stereocenters. The third kappa shape index (κ3) is 8.96. The van der Waals surface area contributed by atoms with E-state index in [9.17, 15) is 0 Å². The van der Waals surface area contributed by atoms with E-state index < -0.39 is 0 Å². The Hall–Kier alpha value is -8.72. The number of nitrogens with zero attached hydrogens (tertiary/aromatic N) is 2. The van der Waals surface area contributed by atoms with Gasteiger partial charge in [-0.2, -0.15) is 0 Å². The summed E-state index contributed by atoms with van der Waals surface area (Å²) in [7, 11) is 0. The van der Waals surface area contributed by atoms with Gasteiger partial charge in [0, 0.05) is 39.9 Å². The van der Waals surface area contributed by atoms with Crippen LogP contribution in [-0.2, 0) is 0 Å². The molecule has 0 N–H and O–H groups in total. The molecular weight excluding hydrogens is 821 g/mol. The maximum atomic E-state index is 2.40. The Morgan fingerprint density at radius 1 is 0.279 bits per heavy atom. The van der Waals surface area contributed by atoms with Crippen molar-refractivity contribution in [2.24, 2.45) is 0 Å². The van der Waals surface area contributed by atoms with E-state index >= 15 is 0 Å². The summed E-state index contributed by atoms with van der Waals surface area (Å²) in [4.78, 5) is 4.77. The van der Waals surface area contributed by atoms with Crippen molar-refractivity contribution in [3.63, 3.8) is 0 Å². The molecule has 0 aromatic heterocycles. The highest BCUT2D eigenvalue weighted by Crippen LogP contribution is 2.43. The molecule has 0 fully saturated rings. The van der Waals surface area contributed by atoms with Crippen LogP contribution in [0.25, 0.3) is 55.6 Å². The number of benzene rings is 10. The first kappa shape index (κ1) is 41.9. The van der Waals surface area contributed by atoms with Gasteiger partial charge in [0.2, 0.25) is 0 Å². The van der Waals surface area contributed by atoms with Crippen molar-refractivity contribution in [2.75, 3.05) is 9.80 Å². The predicted octanol–water partition coefficient (Wildman–Crippen LogP) is 18.3. The molecule has 68 heavy (non-hydrogen) atoms. The molecule has 10 aromatic rings. The quantitative estimate of drug-likeness (QED) is 0.121. The van der Waals surface area contributed by atoms with E-state index in [0.717, 1.165) is 34.9 Å². The summed E-state index contributed by atoms with van der Waals surface area (Å²) in [6.45, 7) is 0. The number of hydrogen-bond acceptors (Lipinski definition) is 2. The zero-order valence-electron chi connectivity index (χ0n) is 37.8. The van der Waals surface area contributed by atoms with Gasteiger partial charge >= 0.3 is 0 Å². The Morgan fingerprint density at radius 3 is 0.971 bits per heavy atom. The number of hydrogen-bond donors (Lipinski definition) is 0. The standard InChI is InChI=1S/C66H50N2/c1-5-15-49(16-6-1)54-29-39-60(40-30-54)67(61-41-31-55(32-42-61)50-17-7-2-8-18-50)62-43-33-58(34-44-62)53-25-27-59(28-26-53)65-23-13-14-24-66(65)68(63-45-35-56(36-46-63)51-19-9-3-10-20-51)64-47-37-57(38-48-64)52-21-11-4-12-22-52/h1-33,35-48,58H,34H2. The molecule has 0 bridgehead atoms. The SMILES string of the molecule is C1=CC(c2ccc(-c3ccccc3N(c3ccc(-c4ccccc4)cc3)c3ccc(-c4ccccc4)cc3)cc2)CC=C1N(c1ccc(-c2ccccc2)cc1)c1ccc(-c2ccccc2)cc1. The van der Waals surface area contributed by atoms with Gasteiger partial charge in [0.25, 0.3) is 0 Å². The molecule has 0 radical (unpaired) electrons. The second-order valence-corrected chi connectivity index (χ2v) is 17.3. The number of allylic oxidation sites excluding steroid dienone is 3. The third-order valence-corrected chi connectivity index (χ3v) is 13.1. The lowest BCUT2D eigenvalue weighted by Crippen LogP contribution is -2.17. The summed E-state index contributed by atoms with van der Waals surface area (Å²) in [5, 5.41) is 0. The largest absolute Gasteiger partial charge is 0.311 e. The monoisotopic (exact) mass is 870 g/mol. The molecule has 0 heterocycles. The molecule has 1 aliphatic rings. The van der Waals surface area contributed by atoms with E-state index in [1.165, 1.54) is 66.9 Å². The van der Waals surface area contributed by atoms with Crippen molar-refractivity contribution < 1.29 is 0 Å². The maximum Gasteiger partial charge on any atom is 0.0540 e. The zero-order chi connectivity index (χ0) is 45.5. The third-order valence-electron chi connectivity index (χ3n) is 13.1. The fourth-order valence-electron chi connectivity index (χ4n) is 9.45. The van der Waals surface area contributed by atoms with E-state index in [-0.39, 0.29) is 5.92 Å². The Morgan fingerprint density at radius 2 is 0.603 bits per heavy atom. The average Bonchev–Trinajstić information content (AvgIpc) is 3.43. The smallest absolute Gasteiger partial charge is 0.0540 e. The van der Waals surface area contributed by atoms with E-state index in [2.05, 4.69) is 295 Å². The lowest BCUT2D eigenvalue weighted by atomic mass is 9.89. The molecule has 10 aromatic carbocycles. The molecule has 11 rings (SSSR count). The second kappa shape index (κ2) is 19.4. The van der Waals surface area contributed by atoms with Gasteiger partial charge in [0.1, 0.15) is 0 Å². The summed E-state index contributed by atoms with van der Waals surface area (Å²) < 4.78 is 0. The van der Waals surface area contributed by atoms with Crippen LogP contribution in [-0.4, -0.2) is 0 Å². The fraction of sp³-hybridized carbons (Fsp3) is 0.0303. The lowest BCUT2D eigenvalue weighted by molar-refractivity contribution is 0.840. The normalized spacial score (nSPS) is 13.1. The molecule has 0 spiro atoms. The first-order valence-corrected chi connectivity index (χ1v) is 23.5. The minimum Gasteiger partial charge on any atom is -0.311 e. The molecule has 2 heteroatoms. The first-order valence-electron chi connectivity index (χ1n) is 23.5. The molecular formula is C66H50N2. The van der Waals surface area contributed by atoms with Crippen molar-refractivity contribution in [3.05, 3.63) is 296 Å². The topological polar surface area (TPSA) is 6.48 Å². The molecule has 0 aliphatic heterocycles. The molecule has 1 atom stereocenters. The molecule has 324 valence electrons. The summed E-state index contributed by atoms with van der Waals surface area (Å²) in [5.41, 5.74) is 20.0. The van der Waals surface area contributed by atoms with Gasteiger partial charge in [-0.1, -0.05) is 224 Å². The van der Waals surface area contributed by atoms with Crippen LogP contribution >= 0.6 is 0 Å². The fourth-order valence-corrected chi connectivity index (χ4v) is 9.45. The highest BCUT2D eigenvalue weighted by Gasteiger charge is 2.21. The molecule has 0 saturated heterocycles. The van der Waals surface area contributed by atoms with E-state index in [1.807, 2.05) is 0 Å². The lowest BCUT2D eigenvalue weighted by Gasteiger charge is -2.29. The number of rotatable bonds is 12. The summed E-state index contributed by atoms with van der Waals surface area (Å²) in [6.07, 6.45) is 7.97. The van der Waals surface area contributed by atoms with Gasteiger partial charge in [-0.3, -0.25) is 0 Å². The van der Waals surface area contributed by atoms with Crippen molar-refractivity contribution in [2.45, 2.75) is 12.3 Å². The molecule has 0 saturated carbocycles. The van der Waals surface area contributed by atoms with Crippen LogP contribution in [0.1, 0.15) is 17.9 Å². The van der Waals surface area contributed by atoms with Crippen molar-refractivity contribution in [3.8, 4) is 55.6 Å². The Bertz CT molecular complexity index is 3120. The molecule has 0 amide bonds. The minimum absolute atomic E-state index is 0.258. The van der Waals surface area contributed by atoms with Crippen molar-refractivity contribution in [1.82, 2.24) is 0 Å². The van der Waals surface area contributed by atoms with Crippen molar-refractivity contribution >= 4 is 28.4 Å². The van der Waals surface area contributed by atoms with Crippen LogP contribution < -0.4 is 9.80 Å². The zero-order valence-corrected chi connectivity index (χ0v) is 37.8. The van der Waals surface area contributed by atoms with Crippen molar-refractivity contribution in [1.29, 1.82) is 0 Å². The van der Waals surface area contributed by atoms with Crippen LogP contribution in [0.3, 0.4) is 0 Å². The number of anilines is 5. The summed E-state index contributed by atoms with van der Waals surface area (Å²) >= 11 is 0. The average molecular weight is 871 g/mol. The summed E-state index contributed by atoms with van der Waals surface area (Å²) in [6, 6.07) is 96.1. The van der Waals surface area contributed by atoms with Gasteiger partial charge in [-0.25, -0.2) is 0 Å². The maximum absolute atomic E-state index is 2.40. The van der Waals surface area contributed by atoms with Gasteiger partial charge in [0.15, 0.2) is 0 Å². The molecule has 1 aliphatic carbocycles. The highest BCUT2D eigenvalue weighted by molar-refractivity contribution is 5.89. The molecule has 2 nitrogen and oxygen atoms in total. The Kier molecular flexibility index (Phi) is 12.0. The highest BCUT2D eigenvalue weighted by atomic mass is 15.2. The first-order chi connectivity index (χ1) is 33.7. The van der Waals surface area contributed by atoms with E-state index in [0.29, 0.717) is 0 Å². The number of para-hydroxylation sites is 1.